The number of benzene rings is 2. The first kappa shape index (κ1) is 19.0. The van der Waals surface area contributed by atoms with Crippen molar-refractivity contribution in [2.45, 2.75) is 42.3 Å². The quantitative estimate of drug-likeness (QED) is 0.689. The van der Waals surface area contributed by atoms with Crippen LogP contribution in [0.2, 0.25) is 0 Å². The molecule has 4 nitrogen and oxygen atoms in total. The molecule has 1 spiro atoms. The summed E-state index contributed by atoms with van der Waals surface area (Å²) in [5, 5.41) is 0. The van der Waals surface area contributed by atoms with Gasteiger partial charge in [0.05, 0.1) is 7.11 Å². The number of methoxy groups -OCH3 is 1. The van der Waals surface area contributed by atoms with Crippen molar-refractivity contribution in [3.8, 4) is 5.75 Å². The topological polar surface area (TPSA) is 32.8 Å². The lowest BCUT2D eigenvalue weighted by molar-refractivity contribution is -0.137. The lowest BCUT2D eigenvalue weighted by Crippen LogP contribution is -2.49. The second-order valence-electron chi connectivity index (χ2n) is 8.48. The molecule has 5 rings (SSSR count). The summed E-state index contributed by atoms with van der Waals surface area (Å²) >= 11 is 1.79. The van der Waals surface area contributed by atoms with Crippen LogP contribution in [0.25, 0.3) is 0 Å². The summed E-state index contributed by atoms with van der Waals surface area (Å²) in [5.74, 6) is 1.61. The van der Waals surface area contributed by atoms with Gasteiger partial charge in [0.25, 0.3) is 0 Å². The molecule has 0 N–H and O–H groups in total. The Morgan fingerprint density at radius 2 is 2.07 bits per heavy atom. The number of amides is 1. The fourth-order valence-electron chi connectivity index (χ4n) is 5.87. The number of nitrogens with zero attached hydrogens (tertiary/aromatic N) is 2. The molecule has 0 saturated carbocycles. The van der Waals surface area contributed by atoms with Gasteiger partial charge in [-0.25, -0.2) is 0 Å². The van der Waals surface area contributed by atoms with Gasteiger partial charge in [0, 0.05) is 29.9 Å². The van der Waals surface area contributed by atoms with E-state index in [0.29, 0.717) is 24.4 Å². The Hall–Kier alpha value is -1.98. The van der Waals surface area contributed by atoms with Crippen molar-refractivity contribution in [3.63, 3.8) is 0 Å². The van der Waals surface area contributed by atoms with Crippen molar-refractivity contribution < 1.29 is 9.53 Å². The summed E-state index contributed by atoms with van der Waals surface area (Å²) in [6.45, 7) is 2.57. The molecule has 2 aromatic rings. The van der Waals surface area contributed by atoms with Crippen LogP contribution in [0.4, 0.5) is 0 Å². The van der Waals surface area contributed by atoms with Crippen LogP contribution in [0, 0.1) is 5.92 Å². The fraction of sp³-hybridized carbons (Fsp3) is 0.458. The van der Waals surface area contributed by atoms with Crippen molar-refractivity contribution in [2.75, 3.05) is 26.5 Å². The van der Waals surface area contributed by atoms with E-state index in [4.69, 9.17) is 4.74 Å². The fourth-order valence-corrected chi connectivity index (χ4v) is 6.34. The lowest BCUT2D eigenvalue weighted by Gasteiger charge is -2.33. The highest BCUT2D eigenvalue weighted by atomic mass is 32.2. The van der Waals surface area contributed by atoms with E-state index in [9.17, 15) is 4.79 Å². The molecule has 3 aliphatic rings. The first-order valence-corrected chi connectivity index (χ1v) is 11.7. The molecule has 29 heavy (non-hydrogen) atoms. The van der Waals surface area contributed by atoms with E-state index in [1.807, 2.05) is 18.2 Å². The van der Waals surface area contributed by atoms with Crippen molar-refractivity contribution in [1.29, 1.82) is 0 Å². The van der Waals surface area contributed by atoms with Crippen molar-refractivity contribution in [2.24, 2.45) is 5.92 Å². The summed E-state index contributed by atoms with van der Waals surface area (Å²) < 4.78 is 5.36. The monoisotopic (exact) mass is 408 g/mol. The number of hydrogen-bond acceptors (Lipinski definition) is 4. The second-order valence-corrected chi connectivity index (χ2v) is 9.36. The van der Waals surface area contributed by atoms with Gasteiger partial charge < -0.3 is 9.64 Å². The molecule has 0 bridgehead atoms. The van der Waals surface area contributed by atoms with Gasteiger partial charge >= 0.3 is 0 Å². The maximum atomic E-state index is 13.7. The molecule has 0 unspecified atom stereocenters. The van der Waals surface area contributed by atoms with Crippen LogP contribution in [-0.2, 0) is 11.3 Å². The lowest BCUT2D eigenvalue weighted by atomic mass is 9.85. The number of ether oxygens (including phenoxy) is 1. The highest BCUT2D eigenvalue weighted by Gasteiger charge is 2.65. The molecule has 3 heterocycles. The van der Waals surface area contributed by atoms with Gasteiger partial charge in [-0.15, -0.1) is 11.8 Å². The molecular formula is C24H28N2O2S. The van der Waals surface area contributed by atoms with Gasteiger partial charge in [0.2, 0.25) is 5.91 Å². The van der Waals surface area contributed by atoms with Gasteiger partial charge in [-0.1, -0.05) is 24.3 Å². The standard InChI is InChI=1S/C24H28N2O2S/c1-28-20-8-3-6-17(12-20)15-25-16-19-14-22(18-7-4-9-21(13-18)29-2)26-11-5-10-24(19,26)23(25)27/h3-4,6-9,12-13,19,22H,5,10-11,14-16H2,1-2H3/t19-,22-,24-/m0/s1. The first-order valence-electron chi connectivity index (χ1n) is 10.5. The molecule has 1 amide bonds. The Morgan fingerprint density at radius 3 is 2.90 bits per heavy atom. The molecule has 0 aliphatic carbocycles. The van der Waals surface area contributed by atoms with E-state index in [-0.39, 0.29) is 5.54 Å². The SMILES string of the molecule is COc1cccc(CN2C[C@@H]3C[C@@H](c4cccc(SC)c4)N4CCC[C@@]34C2=O)c1. The molecule has 3 saturated heterocycles. The average molecular weight is 409 g/mol. The zero-order valence-corrected chi connectivity index (χ0v) is 18.0. The van der Waals surface area contributed by atoms with Gasteiger partial charge in [0.1, 0.15) is 11.3 Å². The average Bonchev–Trinajstić information content (AvgIpc) is 3.39. The predicted molar refractivity (Wildman–Crippen MR) is 116 cm³/mol. The maximum absolute atomic E-state index is 13.7. The van der Waals surface area contributed by atoms with E-state index >= 15 is 0 Å². The molecule has 3 fully saturated rings. The molecule has 0 aromatic heterocycles. The van der Waals surface area contributed by atoms with E-state index in [1.54, 1.807) is 18.9 Å². The number of rotatable bonds is 5. The zero-order valence-electron chi connectivity index (χ0n) is 17.1. The van der Waals surface area contributed by atoms with Crippen LogP contribution in [0.1, 0.15) is 36.4 Å². The highest BCUT2D eigenvalue weighted by Crippen LogP contribution is 2.56. The highest BCUT2D eigenvalue weighted by molar-refractivity contribution is 7.98. The maximum Gasteiger partial charge on any atom is 0.243 e. The van der Waals surface area contributed by atoms with Gasteiger partial charge in [-0.05, 0) is 67.5 Å². The smallest absolute Gasteiger partial charge is 0.243 e. The van der Waals surface area contributed by atoms with Crippen LogP contribution in [-0.4, -0.2) is 47.7 Å². The minimum atomic E-state index is -0.279. The van der Waals surface area contributed by atoms with E-state index in [2.05, 4.69) is 46.4 Å². The van der Waals surface area contributed by atoms with Crippen LogP contribution >= 0.6 is 11.8 Å². The zero-order chi connectivity index (χ0) is 20.0. The Balaban J connectivity index is 1.40. The predicted octanol–water partition coefficient (Wildman–Crippen LogP) is 4.36. The Bertz CT molecular complexity index is 933. The van der Waals surface area contributed by atoms with E-state index < -0.39 is 0 Å². The van der Waals surface area contributed by atoms with Gasteiger partial charge in [-0.2, -0.15) is 0 Å². The van der Waals surface area contributed by atoms with E-state index in [1.165, 1.54) is 10.5 Å². The molecule has 3 atom stereocenters. The summed E-state index contributed by atoms with van der Waals surface area (Å²) in [4.78, 5) is 19.6. The molecule has 2 aromatic carbocycles. The van der Waals surface area contributed by atoms with Crippen LogP contribution < -0.4 is 4.74 Å². The van der Waals surface area contributed by atoms with Gasteiger partial charge in [-0.3, -0.25) is 9.69 Å². The molecular weight excluding hydrogens is 380 g/mol. The molecule has 3 aliphatic heterocycles. The normalized spacial score (nSPS) is 28.6. The molecule has 0 radical (unpaired) electrons. The second kappa shape index (κ2) is 7.37. The number of likely N-dealkylation sites (tertiary alicyclic amines) is 1. The third-order valence-electron chi connectivity index (χ3n) is 7.11. The Kier molecular flexibility index (Phi) is 4.83. The van der Waals surface area contributed by atoms with Crippen LogP contribution in [0.15, 0.2) is 53.4 Å². The Labute approximate surface area is 177 Å². The summed E-state index contributed by atoms with van der Waals surface area (Å²) in [6.07, 6.45) is 5.33. The van der Waals surface area contributed by atoms with E-state index in [0.717, 1.165) is 43.7 Å². The van der Waals surface area contributed by atoms with Crippen LogP contribution in [0.5, 0.6) is 5.75 Å². The number of carbonyl (C=O) groups is 1. The van der Waals surface area contributed by atoms with Crippen molar-refractivity contribution >= 4 is 17.7 Å². The third kappa shape index (κ3) is 2.98. The first-order chi connectivity index (χ1) is 14.2. The minimum Gasteiger partial charge on any atom is -0.497 e. The summed E-state index contributed by atoms with van der Waals surface area (Å²) in [5.41, 5.74) is 2.24. The summed E-state index contributed by atoms with van der Waals surface area (Å²) in [7, 11) is 1.69. The number of hydrogen-bond donors (Lipinski definition) is 0. The number of thioether (sulfide) groups is 1. The van der Waals surface area contributed by atoms with Gasteiger partial charge in [0.15, 0.2) is 0 Å². The minimum absolute atomic E-state index is 0.279. The van der Waals surface area contributed by atoms with Crippen LogP contribution in [0.3, 0.4) is 0 Å². The van der Waals surface area contributed by atoms with Crippen molar-refractivity contribution in [1.82, 2.24) is 9.80 Å². The molecule has 5 heteroatoms. The molecule has 152 valence electrons. The van der Waals surface area contributed by atoms with Crippen molar-refractivity contribution in [3.05, 3.63) is 59.7 Å². The Morgan fingerprint density at radius 1 is 1.21 bits per heavy atom. The number of carbonyl (C=O) groups excluding carboxylic acids is 1. The third-order valence-corrected chi connectivity index (χ3v) is 7.84. The largest absolute Gasteiger partial charge is 0.497 e. The summed E-state index contributed by atoms with van der Waals surface area (Å²) in [6, 6.07) is 17.4.